The fourth-order valence-corrected chi connectivity index (χ4v) is 1.89. The van der Waals surface area contributed by atoms with Crippen molar-refractivity contribution in [1.29, 1.82) is 0 Å². The third kappa shape index (κ3) is 7.52. The second-order valence-corrected chi connectivity index (χ2v) is 5.06. The molecule has 0 aromatic carbocycles. The van der Waals surface area contributed by atoms with Crippen LogP contribution in [0.5, 0.6) is 0 Å². The van der Waals surface area contributed by atoms with Crippen LogP contribution in [0.2, 0.25) is 0 Å². The molecule has 0 aromatic rings. The van der Waals surface area contributed by atoms with Crippen molar-refractivity contribution in [2.75, 3.05) is 18.6 Å². The summed E-state index contributed by atoms with van der Waals surface area (Å²) in [5.41, 5.74) is 11.0. The maximum atomic E-state index is 11.7. The van der Waals surface area contributed by atoms with E-state index in [4.69, 9.17) is 16.6 Å². The predicted octanol–water partition coefficient (Wildman–Crippen LogP) is -0.235. The van der Waals surface area contributed by atoms with Gasteiger partial charge in [0.2, 0.25) is 5.91 Å². The highest BCUT2D eigenvalue weighted by Crippen LogP contribution is 2.03. The van der Waals surface area contributed by atoms with Gasteiger partial charge in [-0.2, -0.15) is 11.8 Å². The minimum atomic E-state index is -1.03. The van der Waals surface area contributed by atoms with E-state index in [1.54, 1.807) is 11.8 Å². The van der Waals surface area contributed by atoms with Crippen LogP contribution in [-0.2, 0) is 9.59 Å². The smallest absolute Gasteiger partial charge is 0.326 e. The van der Waals surface area contributed by atoms with Gasteiger partial charge in [0.25, 0.3) is 0 Å². The van der Waals surface area contributed by atoms with Gasteiger partial charge in [-0.25, -0.2) is 4.79 Å². The second-order valence-electron chi connectivity index (χ2n) is 4.07. The largest absolute Gasteiger partial charge is 0.480 e. The van der Waals surface area contributed by atoms with Gasteiger partial charge >= 0.3 is 5.97 Å². The van der Waals surface area contributed by atoms with Gasteiger partial charge in [-0.3, -0.25) is 4.79 Å². The van der Waals surface area contributed by atoms with E-state index in [0.29, 0.717) is 25.8 Å². The number of hydrogen-bond acceptors (Lipinski definition) is 5. The van der Waals surface area contributed by atoms with Crippen LogP contribution in [0, 0.1) is 0 Å². The monoisotopic (exact) mass is 277 g/mol. The van der Waals surface area contributed by atoms with E-state index in [2.05, 4.69) is 5.32 Å². The van der Waals surface area contributed by atoms with Gasteiger partial charge in [0.15, 0.2) is 0 Å². The normalized spacial score (nSPS) is 13.9. The van der Waals surface area contributed by atoms with Crippen molar-refractivity contribution in [3.05, 3.63) is 0 Å². The molecule has 0 saturated heterocycles. The Morgan fingerprint density at radius 2 is 2.00 bits per heavy atom. The number of carbonyl (C=O) groups is 2. The van der Waals surface area contributed by atoms with Crippen LogP contribution in [0.4, 0.5) is 0 Å². The number of amides is 1. The molecule has 2 atom stereocenters. The standard InChI is InChI=1S/C11H23N3O3S/c1-18-7-5-8(13)10(15)14-9(11(16)17)4-2-3-6-12/h8-9H,2-7,12-13H2,1H3,(H,14,15)(H,16,17)/t8-,9+/m1/s1. The molecule has 7 heteroatoms. The summed E-state index contributed by atoms with van der Waals surface area (Å²) in [6, 6.07) is -1.52. The van der Waals surface area contributed by atoms with Crippen molar-refractivity contribution in [3.63, 3.8) is 0 Å². The minimum absolute atomic E-state index is 0.382. The fourth-order valence-electron chi connectivity index (χ4n) is 1.40. The molecule has 0 unspecified atom stereocenters. The molecule has 0 saturated carbocycles. The lowest BCUT2D eigenvalue weighted by Crippen LogP contribution is -2.48. The Bertz CT molecular complexity index is 264. The Hall–Kier alpha value is -0.790. The molecule has 0 rings (SSSR count). The average Bonchev–Trinajstić information content (AvgIpc) is 2.34. The molecule has 0 heterocycles. The first kappa shape index (κ1) is 17.2. The van der Waals surface area contributed by atoms with Gasteiger partial charge in [-0.15, -0.1) is 0 Å². The Balaban J connectivity index is 4.14. The topological polar surface area (TPSA) is 118 Å². The van der Waals surface area contributed by atoms with Crippen LogP contribution >= 0.6 is 11.8 Å². The molecule has 1 amide bonds. The van der Waals surface area contributed by atoms with Crippen LogP contribution in [0.25, 0.3) is 0 Å². The number of aliphatic carboxylic acids is 1. The van der Waals surface area contributed by atoms with Crippen LogP contribution in [0.15, 0.2) is 0 Å². The van der Waals surface area contributed by atoms with Gasteiger partial charge in [0.1, 0.15) is 6.04 Å². The molecular formula is C11H23N3O3S. The zero-order valence-corrected chi connectivity index (χ0v) is 11.5. The zero-order chi connectivity index (χ0) is 14.0. The van der Waals surface area contributed by atoms with Crippen LogP contribution in [0.1, 0.15) is 25.7 Å². The van der Waals surface area contributed by atoms with Crippen molar-refractivity contribution in [3.8, 4) is 0 Å². The van der Waals surface area contributed by atoms with Crippen molar-refractivity contribution < 1.29 is 14.7 Å². The first-order valence-corrected chi connectivity index (χ1v) is 7.40. The predicted molar refractivity (Wildman–Crippen MR) is 73.4 cm³/mol. The Labute approximate surface area is 112 Å². The molecule has 0 radical (unpaired) electrons. The zero-order valence-electron chi connectivity index (χ0n) is 10.7. The van der Waals surface area contributed by atoms with Crippen LogP contribution in [0.3, 0.4) is 0 Å². The molecule has 0 aliphatic carbocycles. The molecule has 6 nitrogen and oxygen atoms in total. The molecule has 0 spiro atoms. The van der Waals surface area contributed by atoms with Crippen molar-refractivity contribution in [2.45, 2.75) is 37.8 Å². The Kier molecular flexibility index (Phi) is 9.72. The molecule has 106 valence electrons. The third-order valence-electron chi connectivity index (χ3n) is 2.53. The molecule has 0 fully saturated rings. The van der Waals surface area contributed by atoms with Gasteiger partial charge in [-0.05, 0) is 44.2 Å². The number of nitrogens with one attached hydrogen (secondary N) is 1. The van der Waals surface area contributed by atoms with Crippen molar-refractivity contribution in [1.82, 2.24) is 5.32 Å². The Morgan fingerprint density at radius 1 is 1.33 bits per heavy atom. The molecule has 0 aromatic heterocycles. The van der Waals surface area contributed by atoms with Crippen molar-refractivity contribution >= 4 is 23.6 Å². The summed E-state index contributed by atoms with van der Waals surface area (Å²) < 4.78 is 0. The van der Waals surface area contributed by atoms with Crippen LogP contribution < -0.4 is 16.8 Å². The lowest BCUT2D eigenvalue weighted by molar-refractivity contribution is -0.142. The summed E-state index contributed by atoms with van der Waals surface area (Å²) in [6.07, 6.45) is 4.28. The highest BCUT2D eigenvalue weighted by Gasteiger charge is 2.22. The highest BCUT2D eigenvalue weighted by atomic mass is 32.2. The number of rotatable bonds is 10. The summed E-state index contributed by atoms with van der Waals surface area (Å²) in [4.78, 5) is 22.6. The number of unbranched alkanes of at least 4 members (excludes halogenated alkanes) is 1. The quantitative estimate of drug-likeness (QED) is 0.409. The molecule has 0 aliphatic rings. The summed E-state index contributed by atoms with van der Waals surface area (Å²) in [7, 11) is 0. The molecule has 0 aliphatic heterocycles. The minimum Gasteiger partial charge on any atom is -0.480 e. The van der Waals surface area contributed by atoms with Crippen LogP contribution in [-0.4, -0.2) is 47.6 Å². The van der Waals surface area contributed by atoms with E-state index in [0.717, 1.165) is 12.2 Å². The highest BCUT2D eigenvalue weighted by molar-refractivity contribution is 7.98. The number of nitrogens with two attached hydrogens (primary N) is 2. The number of carboxylic acid groups (broad SMARTS) is 1. The maximum Gasteiger partial charge on any atom is 0.326 e. The van der Waals surface area contributed by atoms with E-state index in [-0.39, 0.29) is 0 Å². The van der Waals surface area contributed by atoms with E-state index in [1.165, 1.54) is 0 Å². The lowest BCUT2D eigenvalue weighted by atomic mass is 10.1. The average molecular weight is 277 g/mol. The first-order valence-electron chi connectivity index (χ1n) is 6.00. The summed E-state index contributed by atoms with van der Waals surface area (Å²) >= 11 is 1.60. The number of carbonyl (C=O) groups excluding carboxylic acids is 1. The van der Waals surface area contributed by atoms with E-state index in [9.17, 15) is 9.59 Å². The number of carboxylic acids is 1. The van der Waals surface area contributed by atoms with E-state index < -0.39 is 24.0 Å². The lowest BCUT2D eigenvalue weighted by Gasteiger charge is -2.17. The second kappa shape index (κ2) is 10.2. The van der Waals surface area contributed by atoms with Gasteiger partial charge < -0.3 is 21.9 Å². The molecule has 6 N–H and O–H groups in total. The van der Waals surface area contributed by atoms with Gasteiger partial charge in [0.05, 0.1) is 6.04 Å². The summed E-state index contributed by atoms with van der Waals surface area (Å²) in [6.45, 7) is 0.521. The molecular weight excluding hydrogens is 254 g/mol. The SMILES string of the molecule is CSCC[C@@H](N)C(=O)N[C@@H](CCCCN)C(=O)O. The molecule has 18 heavy (non-hydrogen) atoms. The number of thioether (sulfide) groups is 1. The maximum absolute atomic E-state index is 11.7. The van der Waals surface area contributed by atoms with Gasteiger partial charge in [0, 0.05) is 0 Å². The summed E-state index contributed by atoms with van der Waals surface area (Å²) in [5.74, 6) is -0.652. The fraction of sp³-hybridized carbons (Fsp3) is 0.818. The first-order chi connectivity index (χ1) is 8.52. The van der Waals surface area contributed by atoms with E-state index >= 15 is 0 Å². The van der Waals surface area contributed by atoms with Crippen molar-refractivity contribution in [2.24, 2.45) is 11.5 Å². The van der Waals surface area contributed by atoms with E-state index in [1.807, 2.05) is 6.26 Å². The summed E-state index contributed by atoms with van der Waals surface area (Å²) in [5, 5.41) is 11.5. The number of hydrogen-bond donors (Lipinski definition) is 4. The third-order valence-corrected chi connectivity index (χ3v) is 3.18. The van der Waals surface area contributed by atoms with Gasteiger partial charge in [-0.1, -0.05) is 0 Å². The molecule has 0 bridgehead atoms. The Morgan fingerprint density at radius 3 is 2.50 bits per heavy atom.